The van der Waals surface area contributed by atoms with E-state index in [4.69, 9.17) is 10.5 Å². The molecule has 2 fully saturated rings. The number of ether oxygens (including phenoxy) is 1. The highest BCUT2D eigenvalue weighted by atomic mass is 16.6. The van der Waals surface area contributed by atoms with Crippen molar-refractivity contribution in [3.63, 3.8) is 0 Å². The second kappa shape index (κ2) is 5.28. The molecule has 0 radical (unpaired) electrons. The molecule has 1 saturated carbocycles. The van der Waals surface area contributed by atoms with Crippen LogP contribution in [0.1, 0.15) is 26.0 Å². The first-order chi connectivity index (χ1) is 11.4. The minimum atomic E-state index is -1.58. The van der Waals surface area contributed by atoms with Crippen LogP contribution in [0.2, 0.25) is 0 Å². The second-order valence-electron chi connectivity index (χ2n) is 6.69. The van der Waals surface area contributed by atoms with Crippen LogP contribution in [0.3, 0.4) is 0 Å². The first-order valence-electron chi connectivity index (χ1n) is 7.99. The summed E-state index contributed by atoms with van der Waals surface area (Å²) in [7, 11) is 0. The SMILES string of the molecule is C[C@]1(O)C(n2ccc3c(NC4CC4)nc(N)nc32)O[C@H](CO)[C@H]1O. The van der Waals surface area contributed by atoms with Crippen molar-refractivity contribution in [2.45, 2.75) is 49.8 Å². The van der Waals surface area contributed by atoms with E-state index in [0.29, 0.717) is 17.5 Å². The highest BCUT2D eigenvalue weighted by Gasteiger charge is 2.53. The van der Waals surface area contributed by atoms with Crippen LogP contribution in [0, 0.1) is 0 Å². The van der Waals surface area contributed by atoms with E-state index in [1.54, 1.807) is 10.8 Å². The number of nitrogen functional groups attached to an aromatic ring is 1. The Balaban J connectivity index is 1.78. The van der Waals surface area contributed by atoms with Crippen LogP contribution in [-0.2, 0) is 4.74 Å². The Morgan fingerprint density at radius 2 is 2.21 bits per heavy atom. The third-order valence-corrected chi connectivity index (χ3v) is 4.69. The zero-order valence-corrected chi connectivity index (χ0v) is 13.3. The number of hydrogen-bond acceptors (Lipinski definition) is 8. The molecule has 3 heterocycles. The summed E-state index contributed by atoms with van der Waals surface area (Å²) in [6.45, 7) is 1.08. The van der Waals surface area contributed by atoms with Crippen molar-refractivity contribution >= 4 is 22.8 Å². The third-order valence-electron chi connectivity index (χ3n) is 4.69. The molecule has 1 aliphatic carbocycles. The van der Waals surface area contributed by atoms with Crippen molar-refractivity contribution in [3.8, 4) is 0 Å². The van der Waals surface area contributed by atoms with E-state index < -0.39 is 30.6 Å². The Morgan fingerprint density at radius 3 is 2.83 bits per heavy atom. The van der Waals surface area contributed by atoms with Crippen molar-refractivity contribution < 1.29 is 20.1 Å². The molecule has 1 aliphatic heterocycles. The molecule has 9 heteroatoms. The van der Waals surface area contributed by atoms with Crippen LogP contribution >= 0.6 is 0 Å². The van der Waals surface area contributed by atoms with E-state index in [1.165, 1.54) is 6.92 Å². The lowest BCUT2D eigenvalue weighted by Gasteiger charge is -2.27. The maximum absolute atomic E-state index is 10.7. The number of aliphatic hydroxyl groups is 3. The summed E-state index contributed by atoms with van der Waals surface area (Å²) >= 11 is 0. The number of nitrogens with one attached hydrogen (secondary N) is 1. The first-order valence-corrected chi connectivity index (χ1v) is 7.99. The van der Waals surface area contributed by atoms with Crippen molar-refractivity contribution in [1.29, 1.82) is 0 Å². The number of aliphatic hydroxyl groups excluding tert-OH is 2. The fourth-order valence-corrected chi connectivity index (χ4v) is 3.16. The van der Waals surface area contributed by atoms with E-state index in [1.807, 2.05) is 6.07 Å². The Bertz CT molecular complexity index is 773. The molecule has 1 unspecified atom stereocenters. The lowest BCUT2D eigenvalue weighted by atomic mass is 9.96. The molecule has 0 spiro atoms. The average molecular weight is 335 g/mol. The van der Waals surface area contributed by atoms with Gasteiger partial charge in [0.1, 0.15) is 29.3 Å². The average Bonchev–Trinajstić information content (AvgIpc) is 3.20. The molecule has 2 aromatic rings. The Hall–Kier alpha value is -1.94. The monoisotopic (exact) mass is 335 g/mol. The van der Waals surface area contributed by atoms with E-state index in [2.05, 4.69) is 15.3 Å². The van der Waals surface area contributed by atoms with Gasteiger partial charge in [-0.1, -0.05) is 0 Å². The molecule has 0 bridgehead atoms. The molecule has 4 rings (SSSR count). The van der Waals surface area contributed by atoms with Crippen LogP contribution in [0.25, 0.3) is 11.0 Å². The number of anilines is 2. The van der Waals surface area contributed by atoms with Crippen LogP contribution in [0.5, 0.6) is 0 Å². The summed E-state index contributed by atoms with van der Waals surface area (Å²) < 4.78 is 7.27. The number of nitrogens with zero attached hydrogens (tertiary/aromatic N) is 3. The maximum Gasteiger partial charge on any atom is 0.223 e. The van der Waals surface area contributed by atoms with Gasteiger partial charge in [0.05, 0.1) is 12.0 Å². The standard InChI is InChI=1S/C15H21N5O4/c1-15(23)10(22)9(6-21)24-13(15)20-5-4-8-11(17-7-2-3-7)18-14(16)19-12(8)20/h4-5,7,9-10,13,21-23H,2-3,6H2,1H3,(H3,16,17,18,19)/t9-,10-,13?,15-/m1/s1. The summed E-state index contributed by atoms with van der Waals surface area (Å²) in [6, 6.07) is 2.22. The molecule has 4 atom stereocenters. The molecule has 130 valence electrons. The van der Waals surface area contributed by atoms with Gasteiger partial charge in [0.2, 0.25) is 5.95 Å². The number of hydrogen-bond donors (Lipinski definition) is 5. The molecule has 0 amide bonds. The van der Waals surface area contributed by atoms with E-state index in [0.717, 1.165) is 18.2 Å². The Morgan fingerprint density at radius 1 is 1.46 bits per heavy atom. The topological polar surface area (TPSA) is 139 Å². The highest BCUT2D eigenvalue weighted by molar-refractivity contribution is 5.88. The summed E-state index contributed by atoms with van der Waals surface area (Å²) in [5.74, 6) is 0.762. The summed E-state index contributed by atoms with van der Waals surface area (Å²) in [6.07, 6.45) is 0.917. The van der Waals surface area contributed by atoms with Crippen LogP contribution in [-0.4, -0.2) is 60.3 Å². The number of rotatable bonds is 4. The van der Waals surface area contributed by atoms with Gasteiger partial charge in [-0.05, 0) is 25.8 Å². The predicted octanol–water partition coefficient (Wildman–Crippen LogP) is -0.411. The van der Waals surface area contributed by atoms with Gasteiger partial charge in [-0.3, -0.25) is 0 Å². The van der Waals surface area contributed by atoms with Gasteiger partial charge in [0, 0.05) is 12.2 Å². The van der Waals surface area contributed by atoms with Gasteiger partial charge in [0.15, 0.2) is 6.23 Å². The Labute approximate surface area is 138 Å². The van der Waals surface area contributed by atoms with Crippen LogP contribution < -0.4 is 11.1 Å². The fraction of sp³-hybridized carbons (Fsp3) is 0.600. The van der Waals surface area contributed by atoms with Gasteiger partial charge in [-0.15, -0.1) is 0 Å². The molecule has 1 saturated heterocycles. The smallest absolute Gasteiger partial charge is 0.223 e. The molecule has 9 nitrogen and oxygen atoms in total. The van der Waals surface area contributed by atoms with E-state index >= 15 is 0 Å². The van der Waals surface area contributed by atoms with Gasteiger partial charge in [-0.2, -0.15) is 9.97 Å². The molecule has 0 aromatic carbocycles. The maximum atomic E-state index is 10.7. The van der Waals surface area contributed by atoms with Crippen molar-refractivity contribution in [3.05, 3.63) is 12.3 Å². The molecule has 2 aliphatic rings. The fourth-order valence-electron chi connectivity index (χ4n) is 3.16. The summed E-state index contributed by atoms with van der Waals surface area (Å²) in [4.78, 5) is 8.52. The predicted molar refractivity (Wildman–Crippen MR) is 86.2 cm³/mol. The molecule has 24 heavy (non-hydrogen) atoms. The van der Waals surface area contributed by atoms with Crippen LogP contribution in [0.15, 0.2) is 12.3 Å². The van der Waals surface area contributed by atoms with E-state index in [9.17, 15) is 15.3 Å². The van der Waals surface area contributed by atoms with E-state index in [-0.39, 0.29) is 5.95 Å². The van der Waals surface area contributed by atoms with Crippen molar-refractivity contribution in [1.82, 2.24) is 14.5 Å². The highest BCUT2D eigenvalue weighted by Crippen LogP contribution is 2.40. The molecular weight excluding hydrogens is 314 g/mol. The molecular formula is C15H21N5O4. The zero-order chi connectivity index (χ0) is 17.1. The minimum Gasteiger partial charge on any atom is -0.394 e. The number of fused-ring (bicyclic) bond motifs is 1. The van der Waals surface area contributed by atoms with Crippen molar-refractivity contribution in [2.75, 3.05) is 17.7 Å². The van der Waals surface area contributed by atoms with Gasteiger partial charge < -0.3 is 35.7 Å². The quantitative estimate of drug-likeness (QED) is 0.508. The number of nitrogens with two attached hydrogens (primary N) is 1. The second-order valence-corrected chi connectivity index (χ2v) is 6.69. The zero-order valence-electron chi connectivity index (χ0n) is 13.3. The lowest BCUT2D eigenvalue weighted by Crippen LogP contribution is -2.44. The van der Waals surface area contributed by atoms with Crippen molar-refractivity contribution in [2.24, 2.45) is 0 Å². The number of aromatic nitrogens is 3. The van der Waals surface area contributed by atoms with Gasteiger partial charge in [0.25, 0.3) is 0 Å². The molecule has 2 aromatic heterocycles. The normalized spacial score (nSPS) is 33.2. The first kappa shape index (κ1) is 15.6. The Kier molecular flexibility index (Phi) is 3.43. The summed E-state index contributed by atoms with van der Waals surface area (Å²) in [5, 5.41) is 34.2. The summed E-state index contributed by atoms with van der Waals surface area (Å²) in [5.41, 5.74) is 4.75. The minimum absolute atomic E-state index is 0.113. The third kappa shape index (κ3) is 2.32. The van der Waals surface area contributed by atoms with Gasteiger partial charge >= 0.3 is 0 Å². The van der Waals surface area contributed by atoms with Crippen LogP contribution in [0.4, 0.5) is 11.8 Å². The largest absolute Gasteiger partial charge is 0.394 e. The lowest BCUT2D eigenvalue weighted by molar-refractivity contribution is -0.0948. The molecule has 6 N–H and O–H groups in total. The van der Waals surface area contributed by atoms with Gasteiger partial charge in [-0.25, -0.2) is 0 Å².